The van der Waals surface area contributed by atoms with Gasteiger partial charge in [-0.3, -0.25) is 0 Å². The maximum absolute atomic E-state index is 2.45. The molecule has 1 aromatic rings. The average Bonchev–Trinajstić information content (AvgIpc) is 2.73. The van der Waals surface area contributed by atoms with Gasteiger partial charge in [0.1, 0.15) is 0 Å². The van der Waals surface area contributed by atoms with E-state index in [2.05, 4.69) is 38.1 Å². The van der Waals surface area contributed by atoms with Crippen molar-refractivity contribution in [3.05, 3.63) is 35.4 Å². The molecule has 0 heteroatoms. The lowest BCUT2D eigenvalue weighted by Crippen LogP contribution is -2.25. The van der Waals surface area contributed by atoms with E-state index >= 15 is 0 Å². The van der Waals surface area contributed by atoms with Crippen molar-refractivity contribution in [2.45, 2.75) is 116 Å². The van der Waals surface area contributed by atoms with Crippen LogP contribution in [0.5, 0.6) is 0 Å². The van der Waals surface area contributed by atoms with Gasteiger partial charge in [0.15, 0.2) is 0 Å². The van der Waals surface area contributed by atoms with Crippen molar-refractivity contribution >= 4 is 0 Å². The molecule has 2 fully saturated rings. The van der Waals surface area contributed by atoms with E-state index in [9.17, 15) is 0 Å². The Morgan fingerprint density at radius 1 is 0.667 bits per heavy atom. The third-order valence-corrected chi connectivity index (χ3v) is 7.82. The molecule has 152 valence electrons. The number of unbranched alkanes of at least 4 members (excludes halogenated alkanes) is 3. The molecule has 0 amide bonds. The lowest BCUT2D eigenvalue weighted by Gasteiger charge is -2.38. The number of rotatable bonds is 9. The minimum Gasteiger partial charge on any atom is -0.0654 e. The second kappa shape index (κ2) is 11.3. The molecule has 27 heavy (non-hydrogen) atoms. The van der Waals surface area contributed by atoms with Crippen LogP contribution >= 0.6 is 0 Å². The van der Waals surface area contributed by atoms with Crippen molar-refractivity contribution < 1.29 is 0 Å². The van der Waals surface area contributed by atoms with E-state index in [4.69, 9.17) is 0 Å². The van der Waals surface area contributed by atoms with Gasteiger partial charge in [0, 0.05) is 0 Å². The summed E-state index contributed by atoms with van der Waals surface area (Å²) in [6, 6.07) is 9.72. The van der Waals surface area contributed by atoms with Crippen molar-refractivity contribution in [3.63, 3.8) is 0 Å². The Labute approximate surface area is 169 Å². The van der Waals surface area contributed by atoms with E-state index in [-0.39, 0.29) is 0 Å². The SMILES string of the molecule is CCCCCc1ccc(C2CCC(C3CCC(CCCC)CC3)CC2)cc1. The van der Waals surface area contributed by atoms with E-state index in [0.717, 1.165) is 23.7 Å². The van der Waals surface area contributed by atoms with Crippen LogP contribution in [-0.2, 0) is 6.42 Å². The summed E-state index contributed by atoms with van der Waals surface area (Å²) in [5.41, 5.74) is 3.16. The quantitative estimate of drug-likeness (QED) is 0.382. The van der Waals surface area contributed by atoms with E-state index in [0.29, 0.717) is 0 Å². The number of hydrogen-bond acceptors (Lipinski definition) is 0. The Balaban J connectivity index is 1.40. The summed E-state index contributed by atoms with van der Waals surface area (Å²) in [7, 11) is 0. The van der Waals surface area contributed by atoms with Crippen LogP contribution in [-0.4, -0.2) is 0 Å². The predicted octanol–water partition coefficient (Wildman–Crippen LogP) is 8.69. The molecular formula is C27H44. The molecule has 0 aromatic heterocycles. The van der Waals surface area contributed by atoms with Crippen LogP contribution < -0.4 is 0 Å². The van der Waals surface area contributed by atoms with Crippen molar-refractivity contribution in [2.24, 2.45) is 17.8 Å². The highest BCUT2D eigenvalue weighted by Gasteiger charge is 2.31. The maximum atomic E-state index is 2.45. The lowest BCUT2D eigenvalue weighted by molar-refractivity contribution is 0.156. The summed E-state index contributed by atoms with van der Waals surface area (Å²) >= 11 is 0. The van der Waals surface area contributed by atoms with Gasteiger partial charge < -0.3 is 0 Å². The lowest BCUT2D eigenvalue weighted by atomic mass is 9.68. The van der Waals surface area contributed by atoms with Gasteiger partial charge >= 0.3 is 0 Å². The Kier molecular flexibility index (Phi) is 8.75. The first kappa shape index (κ1) is 20.9. The molecule has 1 aromatic carbocycles. The largest absolute Gasteiger partial charge is 0.0654 e. The van der Waals surface area contributed by atoms with Crippen LogP contribution in [0.3, 0.4) is 0 Å². The third-order valence-electron chi connectivity index (χ3n) is 7.82. The maximum Gasteiger partial charge on any atom is -0.0162 e. The van der Waals surface area contributed by atoms with Crippen molar-refractivity contribution in [1.82, 2.24) is 0 Å². The monoisotopic (exact) mass is 368 g/mol. The van der Waals surface area contributed by atoms with Gasteiger partial charge in [-0.25, -0.2) is 0 Å². The molecule has 0 saturated heterocycles. The van der Waals surface area contributed by atoms with Gasteiger partial charge in [-0.2, -0.15) is 0 Å². The molecule has 0 unspecified atom stereocenters. The normalized spacial score (nSPS) is 29.0. The first-order valence-electron chi connectivity index (χ1n) is 12.4. The molecular weight excluding hydrogens is 324 g/mol. The highest BCUT2D eigenvalue weighted by Crippen LogP contribution is 2.44. The molecule has 0 heterocycles. The molecule has 0 atom stereocenters. The fourth-order valence-corrected chi connectivity index (χ4v) is 5.90. The van der Waals surface area contributed by atoms with Gasteiger partial charge in [0.2, 0.25) is 0 Å². The van der Waals surface area contributed by atoms with Crippen LogP contribution in [0.15, 0.2) is 24.3 Å². The smallest absolute Gasteiger partial charge is 0.0162 e. The summed E-state index contributed by atoms with van der Waals surface area (Å²) < 4.78 is 0. The molecule has 0 bridgehead atoms. The Bertz CT molecular complexity index is 497. The predicted molar refractivity (Wildman–Crippen MR) is 119 cm³/mol. The molecule has 3 rings (SSSR count). The summed E-state index contributed by atoms with van der Waals surface area (Å²) in [5.74, 6) is 4.01. The summed E-state index contributed by atoms with van der Waals surface area (Å²) in [6.07, 6.45) is 21.6. The van der Waals surface area contributed by atoms with Crippen molar-refractivity contribution in [2.75, 3.05) is 0 Å². The van der Waals surface area contributed by atoms with Crippen LogP contribution in [0.4, 0.5) is 0 Å². The van der Waals surface area contributed by atoms with E-state index in [1.54, 1.807) is 11.1 Å². The second-order valence-corrected chi connectivity index (χ2v) is 9.73. The number of hydrogen-bond donors (Lipinski definition) is 0. The molecule has 2 aliphatic carbocycles. The fraction of sp³-hybridized carbons (Fsp3) is 0.778. The minimum atomic E-state index is 0.840. The van der Waals surface area contributed by atoms with Gasteiger partial charge in [-0.15, -0.1) is 0 Å². The van der Waals surface area contributed by atoms with E-state index < -0.39 is 0 Å². The topological polar surface area (TPSA) is 0 Å². The number of benzene rings is 1. The van der Waals surface area contributed by atoms with Crippen molar-refractivity contribution in [1.29, 1.82) is 0 Å². The van der Waals surface area contributed by atoms with Gasteiger partial charge in [0.05, 0.1) is 0 Å². The van der Waals surface area contributed by atoms with Crippen LogP contribution in [0.25, 0.3) is 0 Å². The molecule has 0 aliphatic heterocycles. The average molecular weight is 369 g/mol. The highest BCUT2D eigenvalue weighted by atomic mass is 14.4. The summed E-state index contributed by atoms with van der Waals surface area (Å²) in [5, 5.41) is 0. The molecule has 0 N–H and O–H groups in total. The summed E-state index contributed by atoms with van der Waals surface area (Å²) in [6.45, 7) is 4.63. The van der Waals surface area contributed by atoms with E-state index in [1.165, 1.54) is 96.3 Å². The van der Waals surface area contributed by atoms with Crippen LogP contribution in [0.1, 0.15) is 121 Å². The van der Waals surface area contributed by atoms with Gasteiger partial charge in [-0.05, 0) is 86.2 Å². The molecule has 2 aliphatic rings. The third kappa shape index (κ3) is 6.37. The molecule has 0 nitrogen and oxygen atoms in total. The Morgan fingerprint density at radius 2 is 1.26 bits per heavy atom. The van der Waals surface area contributed by atoms with Gasteiger partial charge in [0.25, 0.3) is 0 Å². The molecule has 0 spiro atoms. The molecule has 0 radical (unpaired) electrons. The zero-order valence-electron chi connectivity index (χ0n) is 18.2. The fourth-order valence-electron chi connectivity index (χ4n) is 5.90. The second-order valence-electron chi connectivity index (χ2n) is 9.73. The first-order valence-corrected chi connectivity index (χ1v) is 12.4. The highest BCUT2D eigenvalue weighted by molar-refractivity contribution is 5.26. The minimum absolute atomic E-state index is 0.840. The van der Waals surface area contributed by atoms with Crippen LogP contribution in [0.2, 0.25) is 0 Å². The van der Waals surface area contributed by atoms with E-state index in [1.807, 2.05) is 0 Å². The summed E-state index contributed by atoms with van der Waals surface area (Å²) in [4.78, 5) is 0. The van der Waals surface area contributed by atoms with Crippen LogP contribution in [0, 0.1) is 17.8 Å². The van der Waals surface area contributed by atoms with Crippen molar-refractivity contribution in [3.8, 4) is 0 Å². The standard InChI is InChI=1S/C27H44/c1-3-5-7-9-23-12-16-25(17-13-23)27-20-18-26(19-21-27)24-14-10-22(11-15-24)8-6-4-2/h12-13,16-17,22,24,26-27H,3-11,14-15,18-21H2,1-2H3. The Morgan fingerprint density at radius 3 is 1.85 bits per heavy atom. The zero-order valence-corrected chi connectivity index (χ0v) is 18.2. The zero-order chi connectivity index (χ0) is 18.9. The van der Waals surface area contributed by atoms with Gasteiger partial charge in [-0.1, -0.05) is 83.1 Å². The first-order chi connectivity index (χ1) is 13.3. The molecule has 2 saturated carbocycles. The Hall–Kier alpha value is -0.780. The number of aryl methyl sites for hydroxylation is 1.